The summed E-state index contributed by atoms with van der Waals surface area (Å²) in [7, 11) is 4.24. The van der Waals surface area contributed by atoms with E-state index < -0.39 is 0 Å². The molecule has 1 rings (SSSR count). The summed E-state index contributed by atoms with van der Waals surface area (Å²) in [5.74, 6) is 0. The Labute approximate surface area is 128 Å². The Morgan fingerprint density at radius 3 is 2.50 bits per heavy atom. The lowest BCUT2D eigenvalue weighted by Gasteiger charge is -2.26. The van der Waals surface area contributed by atoms with Crippen molar-refractivity contribution in [3.8, 4) is 0 Å². The van der Waals surface area contributed by atoms with Gasteiger partial charge in [0, 0.05) is 30.3 Å². The highest BCUT2D eigenvalue weighted by Gasteiger charge is 2.10. The Hall–Kier alpha value is -0.770. The van der Waals surface area contributed by atoms with Crippen LogP contribution < -0.4 is 10.2 Å². The molecule has 114 valence electrons. The highest BCUT2D eigenvalue weighted by atomic mass is 35.5. The number of anilines is 1. The van der Waals surface area contributed by atoms with Crippen LogP contribution in [0.5, 0.6) is 0 Å². The van der Waals surface area contributed by atoms with E-state index in [1.54, 1.807) is 0 Å². The minimum Gasteiger partial charge on any atom is -0.372 e. The molecule has 20 heavy (non-hydrogen) atoms. The van der Waals surface area contributed by atoms with Gasteiger partial charge in [0.05, 0.1) is 0 Å². The van der Waals surface area contributed by atoms with Crippen molar-refractivity contribution in [2.45, 2.75) is 26.8 Å². The molecular formula is C16H28ClN3. The molecule has 1 N–H and O–H groups in total. The summed E-state index contributed by atoms with van der Waals surface area (Å²) in [6.07, 6.45) is 1.17. The molecule has 0 aliphatic carbocycles. The van der Waals surface area contributed by atoms with Gasteiger partial charge < -0.3 is 15.1 Å². The zero-order chi connectivity index (χ0) is 15.0. The van der Waals surface area contributed by atoms with Crippen LogP contribution in [0.3, 0.4) is 0 Å². The molecule has 0 aliphatic rings. The monoisotopic (exact) mass is 297 g/mol. The zero-order valence-electron chi connectivity index (χ0n) is 13.2. The molecular weight excluding hydrogens is 270 g/mol. The molecule has 0 aromatic heterocycles. The predicted molar refractivity (Wildman–Crippen MR) is 89.9 cm³/mol. The first kappa shape index (κ1) is 17.3. The normalized spacial score (nSPS) is 11.1. The second-order valence-corrected chi connectivity index (χ2v) is 5.73. The predicted octanol–water partition coefficient (Wildman–Crippen LogP) is 3.23. The third kappa shape index (κ3) is 5.70. The van der Waals surface area contributed by atoms with E-state index >= 15 is 0 Å². The van der Waals surface area contributed by atoms with Crippen LogP contribution in [0.1, 0.15) is 25.8 Å². The zero-order valence-corrected chi connectivity index (χ0v) is 14.0. The minimum absolute atomic E-state index is 0.811. The molecule has 0 saturated carbocycles. The standard InChI is InChI=1S/C16H28ClN3/c1-5-18-13-14-12-15(17)8-9-16(14)20(6-2)11-7-10-19(3)4/h8-9,12,18H,5-7,10-11,13H2,1-4H3. The van der Waals surface area contributed by atoms with Crippen molar-refractivity contribution >= 4 is 17.3 Å². The maximum Gasteiger partial charge on any atom is 0.0412 e. The molecule has 0 unspecified atom stereocenters. The van der Waals surface area contributed by atoms with Crippen molar-refractivity contribution in [3.63, 3.8) is 0 Å². The number of hydrogen-bond acceptors (Lipinski definition) is 3. The lowest BCUT2D eigenvalue weighted by Crippen LogP contribution is -2.28. The van der Waals surface area contributed by atoms with Gasteiger partial charge in [-0.1, -0.05) is 18.5 Å². The molecule has 1 aromatic carbocycles. The third-order valence-corrected chi connectivity index (χ3v) is 3.60. The summed E-state index contributed by atoms with van der Waals surface area (Å²) in [6.45, 7) is 9.39. The number of halogens is 1. The Morgan fingerprint density at radius 2 is 1.90 bits per heavy atom. The van der Waals surface area contributed by atoms with Crippen LogP contribution in [0.4, 0.5) is 5.69 Å². The van der Waals surface area contributed by atoms with Gasteiger partial charge in [-0.15, -0.1) is 0 Å². The molecule has 1 aromatic rings. The summed E-state index contributed by atoms with van der Waals surface area (Å²) < 4.78 is 0. The third-order valence-electron chi connectivity index (χ3n) is 3.36. The summed E-state index contributed by atoms with van der Waals surface area (Å²) in [4.78, 5) is 4.67. The van der Waals surface area contributed by atoms with Crippen LogP contribution in [0.15, 0.2) is 18.2 Å². The van der Waals surface area contributed by atoms with E-state index in [1.807, 2.05) is 6.07 Å². The van der Waals surface area contributed by atoms with E-state index in [-0.39, 0.29) is 0 Å². The number of benzene rings is 1. The van der Waals surface area contributed by atoms with Gasteiger partial charge in [0.1, 0.15) is 0 Å². The number of rotatable bonds is 9. The summed E-state index contributed by atoms with van der Waals surface area (Å²) in [5, 5.41) is 4.20. The van der Waals surface area contributed by atoms with Crippen LogP contribution in [0.25, 0.3) is 0 Å². The molecule has 0 heterocycles. The summed E-state index contributed by atoms with van der Waals surface area (Å²) in [6, 6.07) is 6.21. The Morgan fingerprint density at radius 1 is 1.15 bits per heavy atom. The molecule has 0 fully saturated rings. The summed E-state index contributed by atoms with van der Waals surface area (Å²) in [5.41, 5.74) is 2.59. The highest BCUT2D eigenvalue weighted by Crippen LogP contribution is 2.24. The summed E-state index contributed by atoms with van der Waals surface area (Å²) >= 11 is 6.14. The van der Waals surface area contributed by atoms with Gasteiger partial charge >= 0.3 is 0 Å². The van der Waals surface area contributed by atoms with Gasteiger partial charge in [-0.05, 0) is 64.3 Å². The first-order valence-electron chi connectivity index (χ1n) is 7.47. The van der Waals surface area contributed by atoms with Crippen LogP contribution in [0, 0.1) is 0 Å². The fourth-order valence-corrected chi connectivity index (χ4v) is 2.49. The number of nitrogens with one attached hydrogen (secondary N) is 1. The van der Waals surface area contributed by atoms with Crippen LogP contribution in [-0.4, -0.2) is 45.2 Å². The van der Waals surface area contributed by atoms with E-state index in [0.717, 1.165) is 37.7 Å². The lowest BCUT2D eigenvalue weighted by molar-refractivity contribution is 0.400. The van der Waals surface area contributed by atoms with Gasteiger partial charge in [0.25, 0.3) is 0 Å². The molecule has 0 bridgehead atoms. The Balaban J connectivity index is 2.78. The lowest BCUT2D eigenvalue weighted by atomic mass is 10.1. The molecule has 0 aliphatic heterocycles. The fraction of sp³-hybridized carbons (Fsp3) is 0.625. The van der Waals surface area contributed by atoms with E-state index in [4.69, 9.17) is 11.6 Å². The first-order chi connectivity index (χ1) is 9.58. The molecule has 3 nitrogen and oxygen atoms in total. The maximum atomic E-state index is 6.14. The first-order valence-corrected chi connectivity index (χ1v) is 7.85. The molecule has 0 saturated heterocycles. The van der Waals surface area contributed by atoms with Crippen molar-refractivity contribution in [2.75, 3.05) is 45.2 Å². The van der Waals surface area contributed by atoms with Crippen molar-refractivity contribution in [1.29, 1.82) is 0 Å². The van der Waals surface area contributed by atoms with E-state index in [9.17, 15) is 0 Å². The van der Waals surface area contributed by atoms with Crippen LogP contribution >= 0.6 is 11.6 Å². The van der Waals surface area contributed by atoms with Gasteiger partial charge in [-0.3, -0.25) is 0 Å². The van der Waals surface area contributed by atoms with Crippen molar-refractivity contribution in [3.05, 3.63) is 28.8 Å². The molecule has 0 amide bonds. The largest absolute Gasteiger partial charge is 0.372 e. The van der Waals surface area contributed by atoms with Crippen LogP contribution in [0.2, 0.25) is 5.02 Å². The second-order valence-electron chi connectivity index (χ2n) is 5.29. The van der Waals surface area contributed by atoms with Crippen molar-refractivity contribution in [2.24, 2.45) is 0 Å². The molecule has 4 heteroatoms. The van der Waals surface area contributed by atoms with E-state index in [1.165, 1.54) is 17.7 Å². The second kappa shape index (κ2) is 9.22. The topological polar surface area (TPSA) is 18.5 Å². The average Bonchev–Trinajstić information content (AvgIpc) is 2.42. The van der Waals surface area contributed by atoms with Crippen LogP contribution in [-0.2, 0) is 6.54 Å². The maximum absolute atomic E-state index is 6.14. The Kier molecular flexibility index (Phi) is 7.97. The van der Waals surface area contributed by atoms with E-state index in [2.05, 4.69) is 55.2 Å². The van der Waals surface area contributed by atoms with Gasteiger partial charge in [0.15, 0.2) is 0 Å². The molecule has 0 radical (unpaired) electrons. The van der Waals surface area contributed by atoms with Crippen molar-refractivity contribution in [1.82, 2.24) is 10.2 Å². The quantitative estimate of drug-likeness (QED) is 0.755. The van der Waals surface area contributed by atoms with Gasteiger partial charge in [-0.2, -0.15) is 0 Å². The highest BCUT2D eigenvalue weighted by molar-refractivity contribution is 6.30. The minimum atomic E-state index is 0.811. The average molecular weight is 298 g/mol. The van der Waals surface area contributed by atoms with Gasteiger partial charge in [0.2, 0.25) is 0 Å². The molecule has 0 atom stereocenters. The fourth-order valence-electron chi connectivity index (χ4n) is 2.29. The molecule has 0 spiro atoms. The van der Waals surface area contributed by atoms with E-state index in [0.29, 0.717) is 0 Å². The van der Waals surface area contributed by atoms with Crippen molar-refractivity contribution < 1.29 is 0 Å². The smallest absolute Gasteiger partial charge is 0.0412 e. The SMILES string of the molecule is CCNCc1cc(Cl)ccc1N(CC)CCCN(C)C. The Bertz CT molecular complexity index is 393. The number of nitrogens with zero attached hydrogens (tertiary/aromatic N) is 2. The van der Waals surface area contributed by atoms with Gasteiger partial charge in [-0.25, -0.2) is 0 Å². The number of hydrogen-bond donors (Lipinski definition) is 1.